The van der Waals surface area contributed by atoms with E-state index in [2.05, 4.69) is 15.3 Å². The van der Waals surface area contributed by atoms with E-state index in [9.17, 15) is 9.32 Å². The summed E-state index contributed by atoms with van der Waals surface area (Å²) < 4.78 is 12.1. The number of fused-ring (bicyclic) bond motifs is 1. The Morgan fingerprint density at radius 2 is 2.25 bits per heavy atom. The summed E-state index contributed by atoms with van der Waals surface area (Å²) in [5.41, 5.74) is 0.787. The summed E-state index contributed by atoms with van der Waals surface area (Å²) >= 11 is 5.93. The van der Waals surface area contributed by atoms with Crippen LogP contribution in [0.3, 0.4) is 0 Å². The molecule has 0 spiro atoms. The first-order valence-electron chi connectivity index (χ1n) is 6.64. The van der Waals surface area contributed by atoms with E-state index in [0.29, 0.717) is 35.9 Å². The smallest absolute Gasteiger partial charge is 0.224 e. The average molecular weight is 317 g/mol. The minimum absolute atomic E-state index is 0.163. The van der Waals surface area contributed by atoms with Crippen LogP contribution in [-0.2, 0) is 17.2 Å². The van der Waals surface area contributed by atoms with Crippen LogP contribution in [0.1, 0.15) is 18.5 Å². The average Bonchev–Trinajstić information content (AvgIpc) is 2.75. The zero-order valence-electron chi connectivity index (χ0n) is 11.2. The van der Waals surface area contributed by atoms with Gasteiger partial charge in [0.25, 0.3) is 0 Å². The summed E-state index contributed by atoms with van der Waals surface area (Å²) in [4.78, 5) is 10.9. The number of nitrogens with zero attached hydrogens (tertiary/aromatic N) is 3. The van der Waals surface area contributed by atoms with E-state index >= 15 is 0 Å². The molecule has 110 valence electrons. The van der Waals surface area contributed by atoms with E-state index in [1.807, 2.05) is 11.9 Å². The van der Waals surface area contributed by atoms with Gasteiger partial charge < -0.3 is 10.4 Å². The first kappa shape index (κ1) is 14.2. The second-order valence-corrected chi connectivity index (χ2v) is 7.10. The predicted molar refractivity (Wildman–Crippen MR) is 77.3 cm³/mol. The number of aromatic nitrogens is 2. The van der Waals surface area contributed by atoms with Crippen LogP contribution in [0.5, 0.6) is 0 Å². The molecule has 20 heavy (non-hydrogen) atoms. The lowest BCUT2D eigenvalue weighted by molar-refractivity contribution is -0.00958. The molecule has 8 heteroatoms. The zero-order valence-corrected chi connectivity index (χ0v) is 12.7. The molecule has 0 radical (unpaired) electrons. The van der Waals surface area contributed by atoms with Crippen molar-refractivity contribution in [2.24, 2.45) is 0 Å². The van der Waals surface area contributed by atoms with Crippen LogP contribution in [0.2, 0.25) is 5.28 Å². The minimum Gasteiger partial charge on any atom is -0.378 e. The van der Waals surface area contributed by atoms with Crippen LogP contribution in [-0.4, -0.2) is 55.8 Å². The SMILES string of the molecule is CN1C[C@@H](Nc2nc(Cl)nc3c2S(=O)CC3)CCC1O. The Morgan fingerprint density at radius 3 is 3.00 bits per heavy atom. The molecule has 2 unspecified atom stereocenters. The fourth-order valence-corrected chi connectivity index (χ4v) is 4.21. The maximum absolute atomic E-state index is 12.1. The van der Waals surface area contributed by atoms with Crippen molar-refractivity contribution < 1.29 is 9.32 Å². The molecule has 0 amide bonds. The molecule has 3 rings (SSSR count). The quantitative estimate of drug-likeness (QED) is 0.779. The fourth-order valence-electron chi connectivity index (χ4n) is 2.71. The Bertz CT molecular complexity index is 557. The number of aliphatic hydroxyl groups excluding tert-OH is 1. The summed E-state index contributed by atoms with van der Waals surface area (Å²) in [6.07, 6.45) is 1.84. The van der Waals surface area contributed by atoms with Crippen LogP contribution in [0.15, 0.2) is 4.90 Å². The number of aliphatic hydroxyl groups is 1. The second kappa shape index (κ2) is 5.55. The van der Waals surface area contributed by atoms with Gasteiger partial charge in [-0.05, 0) is 31.5 Å². The summed E-state index contributed by atoms with van der Waals surface area (Å²) in [6.45, 7) is 0.712. The second-order valence-electron chi connectivity index (χ2n) is 5.26. The third-order valence-corrected chi connectivity index (χ3v) is 5.42. The molecule has 1 saturated heterocycles. The summed E-state index contributed by atoms with van der Waals surface area (Å²) in [6, 6.07) is 0.163. The van der Waals surface area contributed by atoms with Crippen molar-refractivity contribution in [1.29, 1.82) is 0 Å². The highest BCUT2D eigenvalue weighted by Crippen LogP contribution is 2.30. The van der Waals surface area contributed by atoms with Gasteiger partial charge in [0, 0.05) is 24.8 Å². The molecule has 6 nitrogen and oxygen atoms in total. The van der Waals surface area contributed by atoms with Crippen molar-refractivity contribution in [3.63, 3.8) is 0 Å². The molecule has 1 aromatic rings. The van der Waals surface area contributed by atoms with E-state index in [1.165, 1.54) is 0 Å². The summed E-state index contributed by atoms with van der Waals surface area (Å²) in [7, 11) is 0.836. The monoisotopic (exact) mass is 316 g/mol. The highest BCUT2D eigenvalue weighted by molar-refractivity contribution is 7.85. The molecule has 1 aromatic heterocycles. The minimum atomic E-state index is -1.05. The Morgan fingerprint density at radius 1 is 1.45 bits per heavy atom. The van der Waals surface area contributed by atoms with Gasteiger partial charge in [0.2, 0.25) is 5.28 Å². The molecule has 2 N–H and O–H groups in total. The van der Waals surface area contributed by atoms with Crippen LogP contribution >= 0.6 is 11.6 Å². The van der Waals surface area contributed by atoms with Gasteiger partial charge in [0.1, 0.15) is 16.9 Å². The highest BCUT2D eigenvalue weighted by atomic mass is 35.5. The van der Waals surface area contributed by atoms with Crippen LogP contribution < -0.4 is 5.32 Å². The molecular weight excluding hydrogens is 300 g/mol. The number of nitrogens with one attached hydrogen (secondary N) is 1. The standard InChI is InChI=1S/C12H17ClN4O2S/c1-17-6-7(2-3-9(17)18)14-11-10-8(4-5-20(10)19)15-12(13)16-11/h7,9,18H,2-6H2,1H3,(H,14,15,16)/t7-,9?,20?/m0/s1. The van der Waals surface area contributed by atoms with Crippen LogP contribution in [0, 0.1) is 0 Å². The molecule has 3 heterocycles. The summed E-state index contributed by atoms with van der Waals surface area (Å²) in [5.74, 6) is 1.17. The molecule has 2 aliphatic rings. The molecular formula is C12H17ClN4O2S. The first-order valence-corrected chi connectivity index (χ1v) is 8.34. The van der Waals surface area contributed by atoms with Gasteiger partial charge in [-0.15, -0.1) is 0 Å². The van der Waals surface area contributed by atoms with Gasteiger partial charge in [-0.3, -0.25) is 9.11 Å². The Kier molecular flexibility index (Phi) is 3.94. The molecule has 0 aliphatic carbocycles. The van der Waals surface area contributed by atoms with Crippen molar-refractivity contribution >= 4 is 28.2 Å². The lowest BCUT2D eigenvalue weighted by Gasteiger charge is -2.34. The van der Waals surface area contributed by atoms with E-state index in [4.69, 9.17) is 11.6 Å². The topological polar surface area (TPSA) is 78.3 Å². The van der Waals surface area contributed by atoms with Crippen molar-refractivity contribution in [2.75, 3.05) is 24.7 Å². The molecule has 1 fully saturated rings. The van der Waals surface area contributed by atoms with Gasteiger partial charge in [0.15, 0.2) is 0 Å². The van der Waals surface area contributed by atoms with Gasteiger partial charge in [-0.2, -0.15) is 4.98 Å². The summed E-state index contributed by atoms with van der Waals surface area (Å²) in [5, 5.41) is 13.2. The van der Waals surface area contributed by atoms with Gasteiger partial charge >= 0.3 is 0 Å². The van der Waals surface area contributed by atoms with E-state index < -0.39 is 10.8 Å². The Hall–Kier alpha value is -0.760. The highest BCUT2D eigenvalue weighted by Gasteiger charge is 2.29. The van der Waals surface area contributed by atoms with Gasteiger partial charge in [-0.1, -0.05) is 0 Å². The van der Waals surface area contributed by atoms with Crippen LogP contribution in [0.25, 0.3) is 0 Å². The number of hydrogen-bond acceptors (Lipinski definition) is 6. The first-order chi connectivity index (χ1) is 9.54. The Balaban J connectivity index is 1.83. The predicted octanol–water partition coefficient (Wildman–Crippen LogP) is 0.618. The number of piperidine rings is 1. The molecule has 0 saturated carbocycles. The maximum Gasteiger partial charge on any atom is 0.224 e. The van der Waals surface area contributed by atoms with Gasteiger partial charge in [0.05, 0.1) is 16.5 Å². The fraction of sp³-hybridized carbons (Fsp3) is 0.667. The third kappa shape index (κ3) is 2.67. The number of halogens is 1. The zero-order chi connectivity index (χ0) is 14.3. The third-order valence-electron chi connectivity index (χ3n) is 3.79. The number of likely N-dealkylation sites (N-methyl/N-ethyl adjacent to an activating group) is 1. The van der Waals surface area contributed by atoms with Crippen molar-refractivity contribution in [3.05, 3.63) is 11.0 Å². The van der Waals surface area contributed by atoms with E-state index in [1.54, 1.807) is 0 Å². The van der Waals surface area contributed by atoms with Gasteiger partial charge in [-0.25, -0.2) is 4.98 Å². The largest absolute Gasteiger partial charge is 0.378 e. The maximum atomic E-state index is 12.1. The van der Waals surface area contributed by atoms with Crippen LogP contribution in [0.4, 0.5) is 5.82 Å². The number of aryl methyl sites for hydroxylation is 1. The van der Waals surface area contributed by atoms with Crippen molar-refractivity contribution in [3.8, 4) is 0 Å². The van der Waals surface area contributed by atoms with Crippen molar-refractivity contribution in [2.45, 2.75) is 36.4 Å². The number of anilines is 1. The Labute approximate surface area is 125 Å². The van der Waals surface area contributed by atoms with E-state index in [-0.39, 0.29) is 17.6 Å². The number of hydrogen-bond donors (Lipinski definition) is 2. The number of rotatable bonds is 2. The number of likely N-dealkylation sites (tertiary alicyclic amines) is 1. The molecule has 0 bridgehead atoms. The van der Waals surface area contributed by atoms with E-state index in [0.717, 1.165) is 12.1 Å². The lowest BCUT2D eigenvalue weighted by atomic mass is 10.1. The van der Waals surface area contributed by atoms with Crippen molar-refractivity contribution in [1.82, 2.24) is 14.9 Å². The molecule has 0 aromatic carbocycles. The lowest BCUT2D eigenvalue weighted by Crippen LogP contribution is -2.46. The molecule has 2 aliphatic heterocycles. The molecule has 3 atom stereocenters. The normalized spacial score (nSPS) is 30.2.